The van der Waals surface area contributed by atoms with Crippen molar-refractivity contribution in [3.8, 4) is 0 Å². The van der Waals surface area contributed by atoms with Gasteiger partial charge in [0.1, 0.15) is 0 Å². The number of likely N-dealkylation sites (N-methyl/N-ethyl adjacent to an activating group) is 2. The van der Waals surface area contributed by atoms with Crippen molar-refractivity contribution in [1.82, 2.24) is 4.90 Å². The zero-order chi connectivity index (χ0) is 12.1. The van der Waals surface area contributed by atoms with Crippen LogP contribution in [0.4, 0.5) is 5.69 Å². The third-order valence-electron chi connectivity index (χ3n) is 2.67. The van der Waals surface area contributed by atoms with E-state index in [1.165, 1.54) is 16.8 Å². The van der Waals surface area contributed by atoms with Crippen LogP contribution >= 0.6 is 11.6 Å². The third-order valence-corrected chi connectivity index (χ3v) is 2.96. The van der Waals surface area contributed by atoms with Crippen LogP contribution in [0, 0.1) is 6.92 Å². The number of alkyl halides is 1. The van der Waals surface area contributed by atoms with E-state index in [9.17, 15) is 0 Å². The molecule has 0 atom stereocenters. The number of halogens is 1. The minimum Gasteiger partial charge on any atom is -0.373 e. The molecule has 0 aliphatic heterocycles. The minimum absolute atomic E-state index is 0.573. The first kappa shape index (κ1) is 13.3. The molecule has 0 fully saturated rings. The molecule has 2 nitrogen and oxygen atoms in total. The number of benzene rings is 1. The van der Waals surface area contributed by atoms with Crippen molar-refractivity contribution < 1.29 is 0 Å². The lowest BCUT2D eigenvalue weighted by Gasteiger charge is -2.24. The van der Waals surface area contributed by atoms with Gasteiger partial charge in [0, 0.05) is 31.7 Å². The first-order chi connectivity index (χ1) is 7.54. The molecule has 0 amide bonds. The largest absolute Gasteiger partial charge is 0.373 e. The van der Waals surface area contributed by atoms with E-state index < -0.39 is 0 Å². The summed E-state index contributed by atoms with van der Waals surface area (Å²) in [6.07, 6.45) is 0. The van der Waals surface area contributed by atoms with Gasteiger partial charge in [-0.1, -0.05) is 17.7 Å². The molecule has 90 valence electrons. The quantitative estimate of drug-likeness (QED) is 0.731. The highest BCUT2D eigenvalue weighted by Gasteiger charge is 2.07. The summed E-state index contributed by atoms with van der Waals surface area (Å²) < 4.78 is 0. The molecule has 0 N–H and O–H groups in total. The zero-order valence-electron chi connectivity index (χ0n) is 10.6. The molecule has 0 bridgehead atoms. The second-order valence-electron chi connectivity index (χ2n) is 4.49. The number of aryl methyl sites for hydroxylation is 1. The normalized spacial score (nSPS) is 10.9. The number of hydrogen-bond acceptors (Lipinski definition) is 2. The van der Waals surface area contributed by atoms with E-state index in [4.69, 9.17) is 11.6 Å². The van der Waals surface area contributed by atoms with Crippen molar-refractivity contribution in [3.05, 3.63) is 29.3 Å². The Hall–Kier alpha value is -0.730. The molecule has 0 aromatic heterocycles. The lowest BCUT2D eigenvalue weighted by Crippen LogP contribution is -2.29. The Morgan fingerprint density at radius 1 is 1.12 bits per heavy atom. The molecule has 0 radical (unpaired) electrons. The Kier molecular flexibility index (Phi) is 5.10. The Bertz CT molecular complexity index is 337. The van der Waals surface area contributed by atoms with Gasteiger partial charge in [0.25, 0.3) is 0 Å². The standard InChI is InChI=1S/C13H21ClN2/c1-11-5-6-13(12(9-11)10-14)16(4)8-7-15(2)3/h5-6,9H,7-8,10H2,1-4H3. The van der Waals surface area contributed by atoms with Gasteiger partial charge < -0.3 is 9.80 Å². The predicted octanol–water partition coefficient (Wildman–Crippen LogP) is 2.73. The van der Waals surface area contributed by atoms with Gasteiger partial charge in [0.15, 0.2) is 0 Å². The van der Waals surface area contributed by atoms with Crippen molar-refractivity contribution in [2.24, 2.45) is 0 Å². The van der Waals surface area contributed by atoms with Crippen LogP contribution in [0.15, 0.2) is 18.2 Å². The Morgan fingerprint density at radius 2 is 1.81 bits per heavy atom. The van der Waals surface area contributed by atoms with Crippen LogP contribution in [0.2, 0.25) is 0 Å². The summed E-state index contributed by atoms with van der Waals surface area (Å²) in [5.41, 5.74) is 3.71. The Labute approximate surface area is 104 Å². The van der Waals surface area contributed by atoms with Crippen molar-refractivity contribution in [2.45, 2.75) is 12.8 Å². The van der Waals surface area contributed by atoms with Crippen LogP contribution in [-0.4, -0.2) is 39.1 Å². The molecule has 1 aromatic carbocycles. The number of anilines is 1. The predicted molar refractivity (Wildman–Crippen MR) is 72.6 cm³/mol. The van der Waals surface area contributed by atoms with Gasteiger partial charge in [0.05, 0.1) is 0 Å². The maximum Gasteiger partial charge on any atom is 0.0494 e. The lowest BCUT2D eigenvalue weighted by atomic mass is 10.1. The second kappa shape index (κ2) is 6.12. The smallest absolute Gasteiger partial charge is 0.0494 e. The molecule has 1 rings (SSSR count). The monoisotopic (exact) mass is 240 g/mol. The van der Waals surface area contributed by atoms with Gasteiger partial charge in [-0.05, 0) is 32.6 Å². The molecule has 0 heterocycles. The molecular formula is C13H21ClN2. The summed E-state index contributed by atoms with van der Waals surface area (Å²) in [5, 5.41) is 0. The van der Waals surface area contributed by atoms with Gasteiger partial charge in [0.2, 0.25) is 0 Å². The second-order valence-corrected chi connectivity index (χ2v) is 4.76. The first-order valence-corrected chi connectivity index (χ1v) is 6.09. The van der Waals surface area contributed by atoms with E-state index in [2.05, 4.69) is 56.1 Å². The zero-order valence-corrected chi connectivity index (χ0v) is 11.4. The van der Waals surface area contributed by atoms with E-state index in [0.717, 1.165) is 13.1 Å². The summed E-state index contributed by atoms with van der Waals surface area (Å²) in [6.45, 7) is 4.16. The average Bonchev–Trinajstić information content (AvgIpc) is 2.25. The van der Waals surface area contributed by atoms with Crippen molar-refractivity contribution in [1.29, 1.82) is 0 Å². The Balaban J connectivity index is 2.77. The van der Waals surface area contributed by atoms with Crippen LogP contribution in [-0.2, 0) is 5.88 Å². The molecule has 1 aromatic rings. The first-order valence-electron chi connectivity index (χ1n) is 5.56. The SMILES string of the molecule is Cc1ccc(N(C)CCN(C)C)c(CCl)c1. The van der Waals surface area contributed by atoms with Crippen molar-refractivity contribution in [3.63, 3.8) is 0 Å². The summed E-state index contributed by atoms with van der Waals surface area (Å²) in [7, 11) is 6.29. The summed E-state index contributed by atoms with van der Waals surface area (Å²) in [5.74, 6) is 0.573. The van der Waals surface area contributed by atoms with Gasteiger partial charge in [-0.2, -0.15) is 0 Å². The van der Waals surface area contributed by atoms with Crippen LogP contribution in [0.5, 0.6) is 0 Å². The van der Waals surface area contributed by atoms with Crippen LogP contribution in [0.25, 0.3) is 0 Å². The fourth-order valence-electron chi connectivity index (χ4n) is 1.66. The van der Waals surface area contributed by atoms with E-state index in [1.807, 2.05) is 0 Å². The van der Waals surface area contributed by atoms with E-state index >= 15 is 0 Å². The van der Waals surface area contributed by atoms with Gasteiger partial charge >= 0.3 is 0 Å². The molecule has 0 aliphatic carbocycles. The fourth-order valence-corrected chi connectivity index (χ4v) is 1.88. The van der Waals surface area contributed by atoms with E-state index in [1.54, 1.807) is 0 Å². The molecule has 0 saturated heterocycles. The summed E-state index contributed by atoms with van der Waals surface area (Å²) >= 11 is 5.97. The number of hydrogen-bond donors (Lipinski definition) is 0. The molecule has 0 aliphatic rings. The molecule has 0 saturated carbocycles. The molecule has 0 spiro atoms. The highest BCUT2D eigenvalue weighted by Crippen LogP contribution is 2.22. The van der Waals surface area contributed by atoms with Crippen molar-refractivity contribution in [2.75, 3.05) is 39.1 Å². The van der Waals surface area contributed by atoms with Crippen LogP contribution < -0.4 is 4.90 Å². The average molecular weight is 241 g/mol. The maximum absolute atomic E-state index is 5.97. The molecule has 3 heteroatoms. The van der Waals surface area contributed by atoms with Gasteiger partial charge in [-0.25, -0.2) is 0 Å². The minimum atomic E-state index is 0.573. The highest BCUT2D eigenvalue weighted by molar-refractivity contribution is 6.17. The van der Waals surface area contributed by atoms with E-state index in [-0.39, 0.29) is 0 Å². The third kappa shape index (κ3) is 3.69. The van der Waals surface area contributed by atoms with Crippen LogP contribution in [0.1, 0.15) is 11.1 Å². The highest BCUT2D eigenvalue weighted by atomic mass is 35.5. The Morgan fingerprint density at radius 3 is 2.38 bits per heavy atom. The maximum atomic E-state index is 5.97. The van der Waals surface area contributed by atoms with Crippen molar-refractivity contribution >= 4 is 17.3 Å². The summed E-state index contributed by atoms with van der Waals surface area (Å²) in [6, 6.07) is 6.45. The van der Waals surface area contributed by atoms with Gasteiger partial charge in [-0.15, -0.1) is 11.6 Å². The van der Waals surface area contributed by atoms with Gasteiger partial charge in [-0.3, -0.25) is 0 Å². The fraction of sp³-hybridized carbons (Fsp3) is 0.538. The van der Waals surface area contributed by atoms with Crippen LogP contribution in [0.3, 0.4) is 0 Å². The molecular weight excluding hydrogens is 220 g/mol. The number of rotatable bonds is 5. The van der Waals surface area contributed by atoms with E-state index in [0.29, 0.717) is 5.88 Å². The topological polar surface area (TPSA) is 6.48 Å². The summed E-state index contributed by atoms with van der Waals surface area (Å²) in [4.78, 5) is 4.45. The molecule has 16 heavy (non-hydrogen) atoms. The number of nitrogens with zero attached hydrogens (tertiary/aromatic N) is 2. The lowest BCUT2D eigenvalue weighted by molar-refractivity contribution is 0.416. The molecule has 0 unspecified atom stereocenters.